The van der Waals surface area contributed by atoms with E-state index in [1.54, 1.807) is 12.1 Å². The molecule has 0 aliphatic rings. The first-order chi connectivity index (χ1) is 12.4. The highest BCUT2D eigenvalue weighted by atomic mass is 35.5. The van der Waals surface area contributed by atoms with Gasteiger partial charge in [-0.25, -0.2) is 0 Å². The van der Waals surface area contributed by atoms with Crippen LogP contribution in [0.4, 0.5) is 13.2 Å². The number of aromatic amines is 1. The summed E-state index contributed by atoms with van der Waals surface area (Å²) in [7, 11) is 0. The molecule has 1 heterocycles. The lowest BCUT2D eigenvalue weighted by atomic mass is 9.87. The predicted molar refractivity (Wildman–Crippen MR) is 96.0 cm³/mol. The summed E-state index contributed by atoms with van der Waals surface area (Å²) in [5, 5.41) is 6.27. The van der Waals surface area contributed by atoms with Gasteiger partial charge >= 0.3 is 6.18 Å². The summed E-state index contributed by atoms with van der Waals surface area (Å²) in [6.07, 6.45) is -2.52. The molecule has 1 aromatic heterocycles. The molecule has 0 saturated heterocycles. The van der Waals surface area contributed by atoms with Gasteiger partial charge in [0.15, 0.2) is 5.69 Å². The Kier molecular flexibility index (Phi) is 5.34. The van der Waals surface area contributed by atoms with Crippen LogP contribution < -0.4 is 5.73 Å². The molecule has 0 saturated carbocycles. The molecule has 0 spiro atoms. The average molecular weight is 380 g/mol. The van der Waals surface area contributed by atoms with Crippen molar-refractivity contribution in [2.24, 2.45) is 5.73 Å². The molecule has 26 heavy (non-hydrogen) atoms. The van der Waals surface area contributed by atoms with E-state index in [1.807, 2.05) is 36.4 Å². The molecule has 3 aromatic rings. The van der Waals surface area contributed by atoms with Gasteiger partial charge in [0.25, 0.3) is 0 Å². The SMILES string of the molecule is NCCC(c1ccc(Cl)cc1)c1ccc(-c2c[nH]nc2C(F)(F)F)cc1. The number of aromatic nitrogens is 2. The van der Waals surface area contributed by atoms with Gasteiger partial charge < -0.3 is 5.73 Å². The topological polar surface area (TPSA) is 54.7 Å². The monoisotopic (exact) mass is 379 g/mol. The normalized spacial score (nSPS) is 13.0. The number of nitrogens with two attached hydrogens (primary N) is 1. The average Bonchev–Trinajstić information content (AvgIpc) is 3.11. The highest BCUT2D eigenvalue weighted by Crippen LogP contribution is 2.36. The Morgan fingerprint density at radius 1 is 1.00 bits per heavy atom. The number of rotatable bonds is 5. The van der Waals surface area contributed by atoms with E-state index in [0.29, 0.717) is 17.1 Å². The Morgan fingerprint density at radius 3 is 2.12 bits per heavy atom. The molecule has 0 bridgehead atoms. The summed E-state index contributed by atoms with van der Waals surface area (Å²) < 4.78 is 39.1. The zero-order valence-corrected chi connectivity index (χ0v) is 14.5. The van der Waals surface area contributed by atoms with Crippen LogP contribution in [0.5, 0.6) is 0 Å². The van der Waals surface area contributed by atoms with Crippen molar-refractivity contribution < 1.29 is 13.2 Å². The van der Waals surface area contributed by atoms with Crippen molar-refractivity contribution in [3.05, 3.63) is 76.6 Å². The van der Waals surface area contributed by atoms with Gasteiger partial charge in [-0.3, -0.25) is 5.10 Å². The largest absolute Gasteiger partial charge is 0.435 e. The van der Waals surface area contributed by atoms with E-state index in [0.717, 1.165) is 17.5 Å². The maximum Gasteiger partial charge on any atom is 0.435 e. The molecule has 0 fully saturated rings. The Labute approximate surface area is 154 Å². The van der Waals surface area contributed by atoms with E-state index in [1.165, 1.54) is 6.20 Å². The van der Waals surface area contributed by atoms with Crippen molar-refractivity contribution in [3.63, 3.8) is 0 Å². The third kappa shape index (κ3) is 3.92. The van der Waals surface area contributed by atoms with E-state index in [2.05, 4.69) is 10.2 Å². The molecule has 3 nitrogen and oxygen atoms in total. The minimum Gasteiger partial charge on any atom is -0.330 e. The van der Waals surface area contributed by atoms with Crippen molar-refractivity contribution in [2.45, 2.75) is 18.5 Å². The molecule has 0 amide bonds. The number of nitrogens with one attached hydrogen (secondary N) is 1. The fraction of sp³-hybridized carbons (Fsp3) is 0.211. The standard InChI is InChI=1S/C19H17ClF3N3/c20-15-7-5-13(6-8-15)16(9-10-24)12-1-3-14(4-2-12)17-11-25-26-18(17)19(21,22)23/h1-8,11,16H,9-10,24H2,(H,25,26). The Hall–Kier alpha value is -2.31. The van der Waals surface area contributed by atoms with Crippen LogP contribution >= 0.6 is 11.6 Å². The van der Waals surface area contributed by atoms with Crippen LogP contribution in [0.15, 0.2) is 54.7 Å². The number of alkyl halides is 3. The zero-order chi connectivity index (χ0) is 18.7. The van der Waals surface area contributed by atoms with Crippen LogP contribution in [-0.4, -0.2) is 16.7 Å². The molecule has 2 aromatic carbocycles. The second kappa shape index (κ2) is 7.51. The molecular weight excluding hydrogens is 363 g/mol. The summed E-state index contributed by atoms with van der Waals surface area (Å²) >= 11 is 5.94. The van der Waals surface area contributed by atoms with Gasteiger partial charge in [0.2, 0.25) is 0 Å². The van der Waals surface area contributed by atoms with Crippen molar-refractivity contribution >= 4 is 11.6 Å². The smallest absolute Gasteiger partial charge is 0.330 e. The number of hydrogen-bond donors (Lipinski definition) is 2. The van der Waals surface area contributed by atoms with E-state index in [-0.39, 0.29) is 11.5 Å². The maximum absolute atomic E-state index is 13.0. The van der Waals surface area contributed by atoms with Crippen LogP contribution in [0.1, 0.15) is 29.2 Å². The summed E-state index contributed by atoms with van der Waals surface area (Å²) in [6, 6.07) is 14.5. The van der Waals surface area contributed by atoms with Crippen LogP contribution in [0.25, 0.3) is 11.1 Å². The number of H-pyrrole nitrogens is 1. The quantitative estimate of drug-likeness (QED) is 0.637. The first-order valence-electron chi connectivity index (χ1n) is 8.07. The summed E-state index contributed by atoms with van der Waals surface area (Å²) in [6.45, 7) is 0.495. The van der Waals surface area contributed by atoms with Crippen molar-refractivity contribution in [1.29, 1.82) is 0 Å². The molecule has 0 radical (unpaired) electrons. The molecule has 136 valence electrons. The lowest BCUT2D eigenvalue weighted by Crippen LogP contribution is -2.09. The van der Waals surface area contributed by atoms with Gasteiger partial charge in [0.05, 0.1) is 0 Å². The van der Waals surface area contributed by atoms with Crippen LogP contribution in [0, 0.1) is 0 Å². The molecule has 7 heteroatoms. The fourth-order valence-electron chi connectivity index (χ4n) is 3.01. The first kappa shape index (κ1) is 18.5. The zero-order valence-electron chi connectivity index (χ0n) is 13.7. The summed E-state index contributed by atoms with van der Waals surface area (Å²) in [4.78, 5) is 0. The summed E-state index contributed by atoms with van der Waals surface area (Å²) in [5.74, 6) is 0.0535. The number of benzene rings is 2. The Balaban J connectivity index is 1.93. The van der Waals surface area contributed by atoms with E-state index in [4.69, 9.17) is 17.3 Å². The molecule has 0 aliphatic carbocycles. The van der Waals surface area contributed by atoms with Crippen molar-refractivity contribution in [1.82, 2.24) is 10.2 Å². The highest BCUT2D eigenvalue weighted by Gasteiger charge is 2.36. The van der Waals surface area contributed by atoms with Gasteiger partial charge in [-0.15, -0.1) is 0 Å². The molecule has 3 N–H and O–H groups in total. The number of nitrogens with zero attached hydrogens (tertiary/aromatic N) is 1. The van der Waals surface area contributed by atoms with Crippen molar-refractivity contribution in [2.75, 3.05) is 6.54 Å². The van der Waals surface area contributed by atoms with Gasteiger partial charge in [-0.1, -0.05) is 48.0 Å². The van der Waals surface area contributed by atoms with E-state index >= 15 is 0 Å². The van der Waals surface area contributed by atoms with Gasteiger partial charge in [-0.2, -0.15) is 18.3 Å². The fourth-order valence-corrected chi connectivity index (χ4v) is 3.13. The van der Waals surface area contributed by atoms with Gasteiger partial charge in [0.1, 0.15) is 0 Å². The second-order valence-corrected chi connectivity index (χ2v) is 6.39. The van der Waals surface area contributed by atoms with Crippen LogP contribution in [0.2, 0.25) is 5.02 Å². The molecule has 3 rings (SSSR count). The van der Waals surface area contributed by atoms with Gasteiger partial charge in [0, 0.05) is 22.7 Å². The van der Waals surface area contributed by atoms with Crippen LogP contribution in [-0.2, 0) is 6.18 Å². The highest BCUT2D eigenvalue weighted by molar-refractivity contribution is 6.30. The lowest BCUT2D eigenvalue weighted by molar-refractivity contribution is -0.140. The first-order valence-corrected chi connectivity index (χ1v) is 8.45. The Bertz CT molecular complexity index is 855. The number of hydrogen-bond acceptors (Lipinski definition) is 2. The van der Waals surface area contributed by atoms with Gasteiger partial charge in [-0.05, 0) is 41.8 Å². The minimum atomic E-state index is -4.50. The molecule has 1 unspecified atom stereocenters. The van der Waals surface area contributed by atoms with Crippen LogP contribution in [0.3, 0.4) is 0 Å². The maximum atomic E-state index is 13.0. The predicted octanol–water partition coefficient (Wildman–Crippen LogP) is 5.23. The molecule has 1 atom stereocenters. The lowest BCUT2D eigenvalue weighted by Gasteiger charge is -2.18. The second-order valence-electron chi connectivity index (χ2n) is 5.95. The van der Waals surface area contributed by atoms with E-state index < -0.39 is 11.9 Å². The van der Waals surface area contributed by atoms with Crippen molar-refractivity contribution in [3.8, 4) is 11.1 Å². The number of halogens is 4. The van der Waals surface area contributed by atoms with E-state index in [9.17, 15) is 13.2 Å². The molecular formula is C19H17ClF3N3. The minimum absolute atomic E-state index is 0.0333. The Morgan fingerprint density at radius 2 is 1.58 bits per heavy atom. The third-order valence-corrected chi connectivity index (χ3v) is 4.51. The third-order valence-electron chi connectivity index (χ3n) is 4.26. The summed E-state index contributed by atoms with van der Waals surface area (Å²) in [5.41, 5.74) is 7.37. The molecule has 0 aliphatic heterocycles.